The van der Waals surface area contributed by atoms with E-state index in [9.17, 15) is 0 Å². The van der Waals surface area contributed by atoms with Crippen LogP contribution in [0.15, 0.2) is 17.1 Å². The minimum atomic E-state index is 0.415. The van der Waals surface area contributed by atoms with Crippen LogP contribution in [0.3, 0.4) is 0 Å². The highest BCUT2D eigenvalue weighted by atomic mass is 14.8. The molecule has 0 bridgehead atoms. The maximum absolute atomic E-state index is 4.57. The number of hydrogen-bond acceptors (Lipinski definition) is 1. The van der Waals surface area contributed by atoms with E-state index in [4.69, 9.17) is 0 Å². The summed E-state index contributed by atoms with van der Waals surface area (Å²) in [5.41, 5.74) is 1.24. The Bertz CT molecular complexity index is 176. The largest absolute Gasteiger partial charge is 0.287 e. The lowest BCUT2D eigenvalue weighted by atomic mass is 10.1. The van der Waals surface area contributed by atoms with Gasteiger partial charge in [-0.3, -0.25) is 4.99 Å². The predicted octanol–water partition coefficient (Wildman–Crippen LogP) is 3.85. The van der Waals surface area contributed by atoms with Crippen LogP contribution in [0.1, 0.15) is 47.5 Å². The molecular formula is C12H23N. The molecule has 0 amide bonds. The summed E-state index contributed by atoms with van der Waals surface area (Å²) in [7, 11) is 0. The average molecular weight is 181 g/mol. The molecule has 0 rings (SSSR count). The summed E-state index contributed by atoms with van der Waals surface area (Å²) in [6.07, 6.45) is 6.67. The molecule has 0 heterocycles. The molecule has 0 atom stereocenters. The van der Waals surface area contributed by atoms with Crippen LogP contribution in [-0.4, -0.2) is 11.8 Å². The third kappa shape index (κ3) is 7.76. The lowest BCUT2D eigenvalue weighted by molar-refractivity contribution is 0.818. The fourth-order valence-electron chi connectivity index (χ4n) is 1.08. The zero-order valence-electron chi connectivity index (χ0n) is 9.67. The van der Waals surface area contributed by atoms with Gasteiger partial charge in [0.05, 0.1) is 0 Å². The number of aliphatic imine (C=N–C) groups is 1. The van der Waals surface area contributed by atoms with Gasteiger partial charge in [0.2, 0.25) is 0 Å². The second kappa shape index (κ2) is 6.88. The Morgan fingerprint density at radius 2 is 1.85 bits per heavy atom. The molecule has 0 aromatic carbocycles. The first kappa shape index (κ1) is 12.4. The molecule has 76 valence electrons. The summed E-state index contributed by atoms with van der Waals surface area (Å²) < 4.78 is 0. The van der Waals surface area contributed by atoms with Gasteiger partial charge < -0.3 is 0 Å². The van der Waals surface area contributed by atoms with E-state index in [2.05, 4.69) is 51.8 Å². The first-order chi connectivity index (χ1) is 6.06. The quantitative estimate of drug-likeness (QED) is 0.571. The highest BCUT2D eigenvalue weighted by Gasteiger charge is 1.95. The average Bonchev–Trinajstić information content (AvgIpc) is 1.99. The standard InChI is InChI=1S/C12H23N/c1-6-7-12(13-11(4)5)9-8-10(2)3/h8-11H,6-7H2,1-5H3/b9-8-,13-12?. The number of hydrogen-bond donors (Lipinski definition) is 0. The topological polar surface area (TPSA) is 12.4 Å². The van der Waals surface area contributed by atoms with Crippen molar-refractivity contribution in [3.63, 3.8) is 0 Å². The van der Waals surface area contributed by atoms with Crippen molar-refractivity contribution in [1.82, 2.24) is 0 Å². The zero-order chi connectivity index (χ0) is 10.3. The molecule has 0 unspecified atom stereocenters. The Kier molecular flexibility index (Phi) is 6.56. The van der Waals surface area contributed by atoms with E-state index in [0.717, 1.165) is 6.42 Å². The maximum atomic E-state index is 4.57. The predicted molar refractivity (Wildman–Crippen MR) is 61.5 cm³/mol. The fourth-order valence-corrected chi connectivity index (χ4v) is 1.08. The van der Waals surface area contributed by atoms with Crippen LogP contribution >= 0.6 is 0 Å². The van der Waals surface area contributed by atoms with E-state index < -0.39 is 0 Å². The van der Waals surface area contributed by atoms with Crippen molar-refractivity contribution in [2.45, 2.75) is 53.5 Å². The molecule has 1 nitrogen and oxygen atoms in total. The molecule has 0 saturated carbocycles. The second-order valence-corrected chi connectivity index (χ2v) is 4.07. The molecule has 0 aromatic heterocycles. The Morgan fingerprint density at radius 3 is 2.23 bits per heavy atom. The molecule has 0 aliphatic carbocycles. The van der Waals surface area contributed by atoms with Crippen molar-refractivity contribution < 1.29 is 0 Å². The lowest BCUT2D eigenvalue weighted by Crippen LogP contribution is -1.99. The maximum Gasteiger partial charge on any atom is 0.0446 e. The van der Waals surface area contributed by atoms with Crippen LogP contribution in [0.4, 0.5) is 0 Å². The normalized spacial score (nSPS) is 13.6. The van der Waals surface area contributed by atoms with Gasteiger partial charge in [-0.2, -0.15) is 0 Å². The van der Waals surface area contributed by atoms with Crippen molar-refractivity contribution in [2.75, 3.05) is 0 Å². The summed E-state index contributed by atoms with van der Waals surface area (Å²) in [5, 5.41) is 0. The number of allylic oxidation sites excluding steroid dienone is 2. The minimum Gasteiger partial charge on any atom is -0.287 e. The Labute approximate surface area is 83.0 Å². The van der Waals surface area contributed by atoms with E-state index in [-0.39, 0.29) is 0 Å². The van der Waals surface area contributed by atoms with Gasteiger partial charge in [-0.1, -0.05) is 33.3 Å². The third-order valence-corrected chi connectivity index (χ3v) is 1.60. The van der Waals surface area contributed by atoms with Crippen LogP contribution in [-0.2, 0) is 0 Å². The molecule has 0 aromatic rings. The van der Waals surface area contributed by atoms with Crippen LogP contribution in [0.5, 0.6) is 0 Å². The molecule has 1 heteroatoms. The van der Waals surface area contributed by atoms with E-state index in [1.54, 1.807) is 0 Å². The molecule has 0 aliphatic rings. The van der Waals surface area contributed by atoms with Crippen molar-refractivity contribution >= 4 is 5.71 Å². The summed E-state index contributed by atoms with van der Waals surface area (Å²) in [6, 6.07) is 0.415. The van der Waals surface area contributed by atoms with Crippen LogP contribution in [0.25, 0.3) is 0 Å². The second-order valence-electron chi connectivity index (χ2n) is 4.07. The fraction of sp³-hybridized carbons (Fsp3) is 0.750. The monoisotopic (exact) mass is 181 g/mol. The Hall–Kier alpha value is -0.590. The molecule has 0 fully saturated rings. The number of rotatable bonds is 5. The third-order valence-electron chi connectivity index (χ3n) is 1.60. The molecule has 0 radical (unpaired) electrons. The highest BCUT2D eigenvalue weighted by Crippen LogP contribution is 2.01. The summed E-state index contributed by atoms with van der Waals surface area (Å²) in [6.45, 7) is 10.8. The molecule has 0 spiro atoms. The van der Waals surface area contributed by atoms with Gasteiger partial charge >= 0.3 is 0 Å². The van der Waals surface area contributed by atoms with Crippen molar-refractivity contribution in [2.24, 2.45) is 10.9 Å². The molecule has 0 aliphatic heterocycles. The van der Waals surface area contributed by atoms with Gasteiger partial charge in [0, 0.05) is 11.8 Å². The van der Waals surface area contributed by atoms with Crippen molar-refractivity contribution in [3.8, 4) is 0 Å². The molecule has 0 N–H and O–H groups in total. The van der Waals surface area contributed by atoms with E-state index >= 15 is 0 Å². The van der Waals surface area contributed by atoms with Gasteiger partial charge in [-0.15, -0.1) is 0 Å². The van der Waals surface area contributed by atoms with Gasteiger partial charge in [-0.05, 0) is 32.3 Å². The van der Waals surface area contributed by atoms with Crippen LogP contribution < -0.4 is 0 Å². The Balaban J connectivity index is 4.25. The Morgan fingerprint density at radius 1 is 1.23 bits per heavy atom. The number of nitrogens with zero attached hydrogens (tertiary/aromatic N) is 1. The smallest absolute Gasteiger partial charge is 0.0446 e. The van der Waals surface area contributed by atoms with Gasteiger partial charge in [0.25, 0.3) is 0 Å². The van der Waals surface area contributed by atoms with Crippen molar-refractivity contribution in [1.29, 1.82) is 0 Å². The van der Waals surface area contributed by atoms with E-state index in [0.29, 0.717) is 12.0 Å². The molecule has 13 heavy (non-hydrogen) atoms. The first-order valence-electron chi connectivity index (χ1n) is 5.31. The van der Waals surface area contributed by atoms with Crippen LogP contribution in [0, 0.1) is 5.92 Å². The van der Waals surface area contributed by atoms with E-state index in [1.165, 1.54) is 12.1 Å². The van der Waals surface area contributed by atoms with Gasteiger partial charge in [0.15, 0.2) is 0 Å². The zero-order valence-corrected chi connectivity index (χ0v) is 9.67. The van der Waals surface area contributed by atoms with Crippen molar-refractivity contribution in [3.05, 3.63) is 12.2 Å². The first-order valence-corrected chi connectivity index (χ1v) is 5.31. The molecule has 0 saturated heterocycles. The van der Waals surface area contributed by atoms with E-state index in [1.807, 2.05) is 0 Å². The van der Waals surface area contributed by atoms with Gasteiger partial charge in [-0.25, -0.2) is 0 Å². The lowest BCUT2D eigenvalue weighted by Gasteiger charge is -2.03. The summed E-state index contributed by atoms with van der Waals surface area (Å²) >= 11 is 0. The SMILES string of the molecule is CCCC(/C=C\C(C)C)=NC(C)C. The minimum absolute atomic E-state index is 0.415. The van der Waals surface area contributed by atoms with Gasteiger partial charge in [0.1, 0.15) is 0 Å². The summed E-state index contributed by atoms with van der Waals surface area (Å²) in [4.78, 5) is 4.57. The molecular weight excluding hydrogens is 158 g/mol. The summed E-state index contributed by atoms with van der Waals surface area (Å²) in [5.74, 6) is 0.620. The highest BCUT2D eigenvalue weighted by molar-refractivity contribution is 5.95. The van der Waals surface area contributed by atoms with Crippen LogP contribution in [0.2, 0.25) is 0 Å².